The van der Waals surface area contributed by atoms with Crippen molar-refractivity contribution in [2.45, 2.75) is 93.1 Å². The Kier molecular flexibility index (Phi) is 13.4. The number of benzene rings is 1. The van der Waals surface area contributed by atoms with Gasteiger partial charge in [0.05, 0.1) is 43.2 Å². The fraction of sp³-hybridized carbons (Fsp3) is 0.611. The van der Waals surface area contributed by atoms with Crippen LogP contribution in [-0.4, -0.2) is 107 Å². The largest absolute Gasteiger partial charge is 0.455 e. The number of aliphatic hydroxyl groups is 1. The van der Waals surface area contributed by atoms with Crippen molar-refractivity contribution in [2.75, 3.05) is 33.4 Å². The van der Waals surface area contributed by atoms with E-state index in [-0.39, 0.29) is 36.3 Å². The Morgan fingerprint density at radius 3 is 2.58 bits per heavy atom. The molecule has 3 amide bonds. The van der Waals surface area contributed by atoms with Gasteiger partial charge in [-0.2, -0.15) is 0 Å². The number of aliphatic hydroxyl groups excluding tert-OH is 1. The van der Waals surface area contributed by atoms with E-state index in [9.17, 15) is 24.3 Å². The summed E-state index contributed by atoms with van der Waals surface area (Å²) in [6, 6.07) is 6.58. The van der Waals surface area contributed by atoms with Crippen LogP contribution in [0, 0.1) is 11.8 Å². The Morgan fingerprint density at radius 1 is 1.23 bits per heavy atom. The van der Waals surface area contributed by atoms with Crippen LogP contribution in [0.1, 0.15) is 64.0 Å². The number of alkyl halides is 1. The minimum absolute atomic E-state index is 0.0557. The number of rotatable bonds is 19. The lowest BCUT2D eigenvalue weighted by atomic mass is 9.70. The second-order valence-electron chi connectivity index (χ2n) is 12.9. The molecular formula is C36H50BrN3O8. The van der Waals surface area contributed by atoms with E-state index >= 15 is 0 Å². The SMILES string of the molecule is C=CCCC(=O)N[C@@H](COC)[C@@H](OC(=O)[C@@H]1[C@H]2O[C@@]3(CC2Br)[C@H](C(=O)N(CC=C)CCCCC)N([C@H](C)CO)C(=O)[C@@H]13)c1ccccc1. The molecule has 1 unspecified atom stereocenters. The zero-order valence-electron chi connectivity index (χ0n) is 28.2. The number of hydrogen-bond donors (Lipinski definition) is 2. The number of nitrogens with one attached hydrogen (secondary N) is 1. The number of carbonyl (C=O) groups is 4. The van der Waals surface area contributed by atoms with Gasteiger partial charge in [0.2, 0.25) is 17.7 Å². The molecule has 0 saturated carbocycles. The van der Waals surface area contributed by atoms with Crippen LogP contribution >= 0.6 is 15.9 Å². The molecule has 3 saturated heterocycles. The van der Waals surface area contributed by atoms with Crippen molar-refractivity contribution in [1.82, 2.24) is 15.1 Å². The quantitative estimate of drug-likeness (QED) is 0.0953. The van der Waals surface area contributed by atoms with Crippen LogP contribution in [0.5, 0.6) is 0 Å². The summed E-state index contributed by atoms with van der Waals surface area (Å²) in [6.07, 6.45) is 5.34. The Balaban J connectivity index is 1.71. The van der Waals surface area contributed by atoms with Gasteiger partial charge in [0, 0.05) is 31.4 Å². The number of halogens is 1. The smallest absolute Gasteiger partial charge is 0.313 e. The summed E-state index contributed by atoms with van der Waals surface area (Å²) in [5.41, 5.74) is -0.670. The van der Waals surface area contributed by atoms with Gasteiger partial charge in [0.25, 0.3) is 0 Å². The number of likely N-dealkylation sites (tertiary alicyclic amines) is 1. The van der Waals surface area contributed by atoms with Crippen molar-refractivity contribution in [3.05, 3.63) is 61.2 Å². The molecule has 2 bridgehead atoms. The molecule has 1 spiro atoms. The van der Waals surface area contributed by atoms with Gasteiger partial charge in [-0.05, 0) is 31.7 Å². The number of methoxy groups -OCH3 is 1. The number of allylic oxidation sites excluding steroid dienone is 1. The summed E-state index contributed by atoms with van der Waals surface area (Å²) in [4.78, 5) is 58.9. The molecule has 12 heteroatoms. The maximum Gasteiger partial charge on any atom is 0.313 e. The van der Waals surface area contributed by atoms with Gasteiger partial charge in [0.1, 0.15) is 17.7 Å². The Labute approximate surface area is 292 Å². The lowest BCUT2D eigenvalue weighted by molar-refractivity contribution is -0.163. The van der Waals surface area contributed by atoms with Crippen LogP contribution in [0.2, 0.25) is 0 Å². The fourth-order valence-electron chi connectivity index (χ4n) is 7.48. The van der Waals surface area contributed by atoms with E-state index in [0.29, 0.717) is 31.5 Å². The normalized spacial score (nSPS) is 27.6. The zero-order valence-corrected chi connectivity index (χ0v) is 29.8. The minimum atomic E-state index is -1.31. The molecule has 2 N–H and O–H groups in total. The molecule has 3 aliphatic heterocycles. The summed E-state index contributed by atoms with van der Waals surface area (Å²) >= 11 is 3.71. The fourth-order valence-corrected chi connectivity index (χ4v) is 8.42. The highest BCUT2D eigenvalue weighted by Gasteiger charge is 2.77. The monoisotopic (exact) mass is 731 g/mol. The highest BCUT2D eigenvalue weighted by atomic mass is 79.9. The third-order valence-electron chi connectivity index (χ3n) is 9.67. The van der Waals surface area contributed by atoms with Crippen LogP contribution in [-0.2, 0) is 33.4 Å². The number of ether oxygens (including phenoxy) is 3. The van der Waals surface area contributed by atoms with Gasteiger partial charge in [-0.3, -0.25) is 19.2 Å². The number of esters is 1. The summed E-state index contributed by atoms with van der Waals surface area (Å²) in [5, 5.41) is 13.2. The summed E-state index contributed by atoms with van der Waals surface area (Å²) in [6.45, 7) is 11.8. The average Bonchev–Trinajstić information content (AvgIpc) is 3.68. The molecule has 11 nitrogen and oxygen atoms in total. The van der Waals surface area contributed by atoms with Gasteiger partial charge in [-0.25, -0.2) is 0 Å². The lowest BCUT2D eigenvalue weighted by Gasteiger charge is -2.38. The van der Waals surface area contributed by atoms with Crippen molar-refractivity contribution in [1.29, 1.82) is 0 Å². The highest BCUT2D eigenvalue weighted by molar-refractivity contribution is 9.09. The Bertz CT molecular complexity index is 1310. The number of hydrogen-bond acceptors (Lipinski definition) is 8. The standard InChI is InChI=1S/C36H50BrN3O8/c1-6-9-14-19-39(18-8-3)34(44)32-36-20-25(37)31(48-36)28(29(36)33(43)40(32)23(4)21-41)35(45)47-30(24-15-12-11-13-16-24)26(22-46-5)38-27(42)17-10-7-2/h7-8,11-13,15-16,23,25-26,28-32,41H,2-3,6,9-10,14,17-22H2,1,4-5H3,(H,38,42)/t23-,25?,26+,28+,29-,30+,31+,32+,36-/m1/s1. The van der Waals surface area contributed by atoms with Crippen LogP contribution in [0.4, 0.5) is 0 Å². The van der Waals surface area contributed by atoms with Crippen LogP contribution in [0.3, 0.4) is 0 Å². The van der Waals surface area contributed by atoms with Gasteiger partial charge in [-0.15, -0.1) is 13.2 Å². The first-order chi connectivity index (χ1) is 23.1. The summed E-state index contributed by atoms with van der Waals surface area (Å²) in [5.74, 6) is -3.68. The molecule has 0 aliphatic carbocycles. The third kappa shape index (κ3) is 7.56. The van der Waals surface area contributed by atoms with Gasteiger partial charge >= 0.3 is 5.97 Å². The molecule has 0 radical (unpaired) electrons. The molecule has 3 aliphatic rings. The molecule has 1 aromatic carbocycles. The van der Waals surface area contributed by atoms with Crippen LogP contribution < -0.4 is 5.32 Å². The molecular weight excluding hydrogens is 682 g/mol. The first kappa shape index (κ1) is 37.8. The topological polar surface area (TPSA) is 135 Å². The van der Waals surface area contributed by atoms with Gasteiger partial charge in [0.15, 0.2) is 0 Å². The molecule has 48 heavy (non-hydrogen) atoms. The minimum Gasteiger partial charge on any atom is -0.455 e. The van der Waals surface area contributed by atoms with E-state index < -0.39 is 59.6 Å². The molecule has 264 valence electrons. The van der Waals surface area contributed by atoms with Crippen LogP contribution in [0.15, 0.2) is 55.6 Å². The van der Waals surface area contributed by atoms with Crippen molar-refractivity contribution < 1.29 is 38.5 Å². The second kappa shape index (κ2) is 17.0. The maximum atomic E-state index is 14.4. The Morgan fingerprint density at radius 2 is 1.96 bits per heavy atom. The number of amides is 3. The number of fused-ring (bicyclic) bond motifs is 1. The van der Waals surface area contributed by atoms with E-state index in [1.54, 1.807) is 36.1 Å². The molecule has 3 fully saturated rings. The molecule has 9 atom stereocenters. The summed E-state index contributed by atoms with van der Waals surface area (Å²) < 4.78 is 18.4. The molecule has 1 aromatic rings. The Hall–Kier alpha value is -3.06. The second-order valence-corrected chi connectivity index (χ2v) is 14.1. The van der Waals surface area contributed by atoms with Crippen molar-refractivity contribution >= 4 is 39.6 Å². The van der Waals surface area contributed by atoms with E-state index in [1.807, 2.05) is 18.2 Å². The highest BCUT2D eigenvalue weighted by Crippen LogP contribution is 2.61. The third-order valence-corrected chi connectivity index (χ3v) is 10.5. The molecule has 3 heterocycles. The molecule has 4 rings (SSSR count). The predicted octanol–water partition coefficient (Wildman–Crippen LogP) is 3.70. The first-order valence-electron chi connectivity index (χ1n) is 16.9. The predicted molar refractivity (Wildman–Crippen MR) is 184 cm³/mol. The van der Waals surface area contributed by atoms with Gasteiger partial charge in [-0.1, -0.05) is 78.2 Å². The van der Waals surface area contributed by atoms with E-state index in [1.165, 1.54) is 12.0 Å². The van der Waals surface area contributed by atoms with E-state index in [0.717, 1.165) is 19.3 Å². The summed E-state index contributed by atoms with van der Waals surface area (Å²) in [7, 11) is 1.50. The van der Waals surface area contributed by atoms with Crippen molar-refractivity contribution in [3.63, 3.8) is 0 Å². The molecule has 0 aromatic heterocycles. The lowest BCUT2D eigenvalue weighted by Crippen LogP contribution is -2.58. The number of nitrogens with zero attached hydrogens (tertiary/aromatic N) is 2. The number of unbranched alkanes of at least 4 members (excludes halogenated alkanes) is 2. The maximum absolute atomic E-state index is 14.4. The average molecular weight is 733 g/mol. The first-order valence-corrected chi connectivity index (χ1v) is 17.8. The zero-order chi connectivity index (χ0) is 35.0. The van der Waals surface area contributed by atoms with E-state index in [2.05, 4.69) is 41.3 Å². The number of carbonyl (C=O) groups excluding carboxylic acids is 4. The van der Waals surface area contributed by atoms with Crippen molar-refractivity contribution in [3.8, 4) is 0 Å². The van der Waals surface area contributed by atoms with Gasteiger partial charge < -0.3 is 34.4 Å². The van der Waals surface area contributed by atoms with Crippen molar-refractivity contribution in [2.24, 2.45) is 11.8 Å². The van der Waals surface area contributed by atoms with E-state index in [4.69, 9.17) is 14.2 Å². The van der Waals surface area contributed by atoms with Crippen LogP contribution in [0.25, 0.3) is 0 Å².